The van der Waals surface area contributed by atoms with Crippen LogP contribution in [0.1, 0.15) is 26.2 Å². The highest BCUT2D eigenvalue weighted by Crippen LogP contribution is 2.11. The minimum atomic E-state index is -0.319. The van der Waals surface area contributed by atoms with Gasteiger partial charge < -0.3 is 5.11 Å². The third-order valence-electron chi connectivity index (χ3n) is 1.41. The van der Waals surface area contributed by atoms with E-state index in [9.17, 15) is 5.11 Å². The highest BCUT2D eigenvalue weighted by Gasteiger charge is 2.08. The van der Waals surface area contributed by atoms with E-state index in [0.29, 0.717) is 18.7 Å². The second kappa shape index (κ2) is 6.26. The molecule has 0 aromatic carbocycles. The Morgan fingerprint density at radius 2 is 2.10 bits per heavy atom. The largest absolute Gasteiger partial charge is 0.393 e. The van der Waals surface area contributed by atoms with Crippen LogP contribution in [0.5, 0.6) is 0 Å². The van der Waals surface area contributed by atoms with Gasteiger partial charge in [0.05, 0.1) is 6.10 Å². The van der Waals surface area contributed by atoms with Crippen molar-refractivity contribution in [3.63, 3.8) is 0 Å². The van der Waals surface area contributed by atoms with Crippen molar-refractivity contribution in [1.82, 2.24) is 0 Å². The maximum atomic E-state index is 9.18. The van der Waals surface area contributed by atoms with Crippen LogP contribution in [0.2, 0.25) is 0 Å². The summed E-state index contributed by atoms with van der Waals surface area (Å²) >= 11 is 11.2. The van der Waals surface area contributed by atoms with Crippen LogP contribution < -0.4 is 0 Å². The first kappa shape index (κ1) is 10.5. The zero-order chi connectivity index (χ0) is 7.98. The second-order valence-corrected chi connectivity index (χ2v) is 3.37. The Morgan fingerprint density at radius 1 is 1.50 bits per heavy atom. The molecule has 0 radical (unpaired) electrons. The number of hydrogen-bond donors (Lipinski definition) is 1. The predicted octanol–water partition coefficient (Wildman–Crippen LogP) is 2.38. The van der Waals surface area contributed by atoms with Crippen molar-refractivity contribution in [3.05, 3.63) is 0 Å². The fourth-order valence-corrected chi connectivity index (χ4v) is 1.16. The third-order valence-corrected chi connectivity index (χ3v) is 2.12. The smallest absolute Gasteiger partial charge is 0.0565 e. The molecule has 0 bridgehead atoms. The van der Waals surface area contributed by atoms with E-state index >= 15 is 0 Å². The molecular weight excluding hydrogens is 171 g/mol. The summed E-state index contributed by atoms with van der Waals surface area (Å²) in [6.45, 7) is 2.01. The zero-order valence-electron chi connectivity index (χ0n) is 6.19. The molecule has 0 saturated carbocycles. The summed E-state index contributed by atoms with van der Waals surface area (Å²) in [5.74, 6) is 0.508. The standard InChI is InChI=1S/C7H14Cl2O/c1-2-6(9)5-7(10)3-4-8/h6-7,10H,2-5H2,1H3. The number of hydrogen-bond acceptors (Lipinski definition) is 1. The predicted molar refractivity (Wildman–Crippen MR) is 45.9 cm³/mol. The van der Waals surface area contributed by atoms with Crippen molar-refractivity contribution in [2.75, 3.05) is 5.88 Å². The molecule has 62 valence electrons. The van der Waals surface area contributed by atoms with E-state index in [-0.39, 0.29) is 11.5 Å². The van der Waals surface area contributed by atoms with Crippen molar-refractivity contribution in [3.8, 4) is 0 Å². The molecule has 2 unspecified atom stereocenters. The molecule has 0 rings (SSSR count). The van der Waals surface area contributed by atoms with Gasteiger partial charge in [-0.15, -0.1) is 23.2 Å². The van der Waals surface area contributed by atoms with E-state index < -0.39 is 0 Å². The summed E-state index contributed by atoms with van der Waals surface area (Å²) in [5, 5.41) is 9.28. The lowest BCUT2D eigenvalue weighted by atomic mass is 10.1. The fourth-order valence-electron chi connectivity index (χ4n) is 0.706. The van der Waals surface area contributed by atoms with Gasteiger partial charge in [0.25, 0.3) is 0 Å². The average Bonchev–Trinajstić information content (AvgIpc) is 1.88. The minimum absolute atomic E-state index is 0.0956. The molecule has 0 aliphatic rings. The summed E-state index contributed by atoms with van der Waals surface area (Å²) in [5.41, 5.74) is 0. The molecule has 3 heteroatoms. The molecule has 0 fully saturated rings. The van der Waals surface area contributed by atoms with Gasteiger partial charge in [0.2, 0.25) is 0 Å². The summed E-state index contributed by atoms with van der Waals surface area (Å²) in [6, 6.07) is 0. The van der Waals surface area contributed by atoms with Gasteiger partial charge >= 0.3 is 0 Å². The van der Waals surface area contributed by atoms with Gasteiger partial charge in [-0.3, -0.25) is 0 Å². The van der Waals surface area contributed by atoms with Gasteiger partial charge in [0.1, 0.15) is 0 Å². The van der Waals surface area contributed by atoms with Gasteiger partial charge in [0, 0.05) is 11.3 Å². The Kier molecular flexibility index (Phi) is 6.60. The molecule has 0 aliphatic heterocycles. The zero-order valence-corrected chi connectivity index (χ0v) is 7.70. The van der Waals surface area contributed by atoms with E-state index in [1.807, 2.05) is 6.92 Å². The van der Waals surface area contributed by atoms with Crippen LogP contribution in [0.15, 0.2) is 0 Å². The van der Waals surface area contributed by atoms with Crippen LogP contribution in [0, 0.1) is 0 Å². The molecule has 10 heavy (non-hydrogen) atoms. The van der Waals surface area contributed by atoms with Crippen LogP contribution in [0.3, 0.4) is 0 Å². The van der Waals surface area contributed by atoms with Crippen LogP contribution in [0.4, 0.5) is 0 Å². The Labute approximate surface area is 72.3 Å². The first-order valence-corrected chi connectivity index (χ1v) is 4.55. The summed E-state index contributed by atoms with van der Waals surface area (Å²) < 4.78 is 0. The average molecular weight is 185 g/mol. The Balaban J connectivity index is 3.27. The molecule has 2 atom stereocenters. The van der Waals surface area contributed by atoms with Gasteiger partial charge in [-0.05, 0) is 19.3 Å². The first-order chi connectivity index (χ1) is 4.70. The summed E-state index contributed by atoms with van der Waals surface area (Å²) in [7, 11) is 0. The first-order valence-electron chi connectivity index (χ1n) is 3.58. The molecule has 1 nitrogen and oxygen atoms in total. The van der Waals surface area contributed by atoms with Crippen molar-refractivity contribution in [2.45, 2.75) is 37.7 Å². The second-order valence-electron chi connectivity index (χ2n) is 2.37. The van der Waals surface area contributed by atoms with Crippen LogP contribution in [0.25, 0.3) is 0 Å². The van der Waals surface area contributed by atoms with E-state index in [2.05, 4.69) is 0 Å². The Bertz CT molecular complexity index is 78.0. The minimum Gasteiger partial charge on any atom is -0.393 e. The fraction of sp³-hybridized carbons (Fsp3) is 1.00. The van der Waals surface area contributed by atoms with E-state index in [1.54, 1.807) is 0 Å². The lowest BCUT2D eigenvalue weighted by molar-refractivity contribution is 0.159. The van der Waals surface area contributed by atoms with E-state index in [4.69, 9.17) is 23.2 Å². The number of aliphatic hydroxyl groups is 1. The number of alkyl halides is 2. The van der Waals surface area contributed by atoms with Crippen LogP contribution in [-0.2, 0) is 0 Å². The van der Waals surface area contributed by atoms with Crippen molar-refractivity contribution >= 4 is 23.2 Å². The maximum absolute atomic E-state index is 9.18. The topological polar surface area (TPSA) is 20.2 Å². The van der Waals surface area contributed by atoms with Crippen LogP contribution >= 0.6 is 23.2 Å². The normalized spacial score (nSPS) is 16.8. The molecule has 0 aromatic rings. The molecule has 0 heterocycles. The van der Waals surface area contributed by atoms with Gasteiger partial charge in [-0.2, -0.15) is 0 Å². The Hall–Kier alpha value is 0.540. The molecule has 0 aromatic heterocycles. The van der Waals surface area contributed by atoms with Crippen LogP contribution in [-0.4, -0.2) is 22.5 Å². The van der Waals surface area contributed by atoms with Crippen molar-refractivity contribution in [1.29, 1.82) is 0 Å². The lowest BCUT2D eigenvalue weighted by Crippen LogP contribution is -2.13. The molecule has 0 spiro atoms. The van der Waals surface area contributed by atoms with Gasteiger partial charge in [0.15, 0.2) is 0 Å². The molecule has 0 saturated heterocycles. The summed E-state index contributed by atoms with van der Waals surface area (Å²) in [4.78, 5) is 0. The summed E-state index contributed by atoms with van der Waals surface area (Å²) in [6.07, 6.45) is 1.89. The monoisotopic (exact) mass is 184 g/mol. The third kappa shape index (κ3) is 5.33. The highest BCUT2D eigenvalue weighted by molar-refractivity contribution is 6.20. The van der Waals surface area contributed by atoms with Crippen molar-refractivity contribution in [2.24, 2.45) is 0 Å². The van der Waals surface area contributed by atoms with E-state index in [1.165, 1.54) is 0 Å². The Morgan fingerprint density at radius 3 is 2.50 bits per heavy atom. The number of halogens is 2. The maximum Gasteiger partial charge on any atom is 0.0565 e. The quantitative estimate of drug-likeness (QED) is 0.652. The van der Waals surface area contributed by atoms with E-state index in [0.717, 1.165) is 6.42 Å². The van der Waals surface area contributed by atoms with Gasteiger partial charge in [-0.25, -0.2) is 0 Å². The molecular formula is C7H14Cl2O. The number of aliphatic hydroxyl groups excluding tert-OH is 1. The molecule has 0 aliphatic carbocycles. The molecule has 1 N–H and O–H groups in total. The SMILES string of the molecule is CCC(Cl)CC(O)CCCl. The lowest BCUT2D eigenvalue weighted by Gasteiger charge is -2.11. The molecule has 0 amide bonds. The van der Waals surface area contributed by atoms with Crippen molar-refractivity contribution < 1.29 is 5.11 Å². The highest BCUT2D eigenvalue weighted by atomic mass is 35.5. The number of rotatable bonds is 5. The van der Waals surface area contributed by atoms with Gasteiger partial charge in [-0.1, -0.05) is 6.92 Å².